The van der Waals surface area contributed by atoms with Crippen LogP contribution in [0, 0.1) is 0 Å². The topological polar surface area (TPSA) is 61.4 Å². The molecule has 0 aromatic carbocycles. The lowest BCUT2D eigenvalue weighted by Gasteiger charge is -2.25. The summed E-state index contributed by atoms with van der Waals surface area (Å²) in [5, 5.41) is 5.99. The highest BCUT2D eigenvalue weighted by atomic mass is 16.2. The third-order valence-corrected chi connectivity index (χ3v) is 3.26. The summed E-state index contributed by atoms with van der Waals surface area (Å²) in [6.45, 7) is 8.91. The van der Waals surface area contributed by atoms with Crippen LogP contribution in [0.4, 0.5) is 0 Å². The number of carbonyl (C=O) groups excluding carboxylic acids is 2. The van der Waals surface area contributed by atoms with Crippen molar-refractivity contribution in [2.45, 2.75) is 58.7 Å². The smallest absolute Gasteiger partial charge is 0.239 e. The van der Waals surface area contributed by atoms with E-state index in [1.165, 1.54) is 0 Å². The molecule has 1 fully saturated rings. The highest BCUT2D eigenvalue weighted by Gasteiger charge is 2.27. The van der Waals surface area contributed by atoms with Gasteiger partial charge in [-0.2, -0.15) is 0 Å². The van der Waals surface area contributed by atoms with Gasteiger partial charge in [0.2, 0.25) is 11.8 Å². The number of carbonyl (C=O) groups is 2. The van der Waals surface area contributed by atoms with E-state index in [2.05, 4.69) is 10.6 Å². The van der Waals surface area contributed by atoms with E-state index in [4.69, 9.17) is 0 Å². The number of nitrogens with zero attached hydrogens (tertiary/aromatic N) is 1. The second-order valence-electron chi connectivity index (χ2n) is 4.90. The van der Waals surface area contributed by atoms with Gasteiger partial charge in [0.1, 0.15) is 0 Å². The van der Waals surface area contributed by atoms with Crippen LogP contribution in [0.25, 0.3) is 0 Å². The average Bonchev–Trinajstić information content (AvgIpc) is 3.14. The number of rotatable bonds is 7. The Balaban J connectivity index is 2.39. The first-order valence-corrected chi connectivity index (χ1v) is 6.84. The Hall–Kier alpha value is -1.10. The zero-order valence-corrected chi connectivity index (χ0v) is 11.8. The average molecular weight is 255 g/mol. The molecule has 1 aliphatic carbocycles. The summed E-state index contributed by atoms with van der Waals surface area (Å²) in [7, 11) is 0. The fraction of sp³-hybridized carbons (Fsp3) is 0.846. The number of hydrogen-bond acceptors (Lipinski definition) is 3. The summed E-state index contributed by atoms with van der Waals surface area (Å²) in [4.78, 5) is 25.6. The summed E-state index contributed by atoms with van der Waals surface area (Å²) in [6.07, 6.45) is 2.15. The monoisotopic (exact) mass is 255 g/mol. The van der Waals surface area contributed by atoms with Gasteiger partial charge in [-0.15, -0.1) is 0 Å². The maximum Gasteiger partial charge on any atom is 0.239 e. The minimum absolute atomic E-state index is 0.0169. The van der Waals surface area contributed by atoms with E-state index in [1.807, 2.05) is 20.8 Å². The lowest BCUT2D eigenvalue weighted by Crippen LogP contribution is -2.52. The van der Waals surface area contributed by atoms with Crippen LogP contribution in [0.15, 0.2) is 0 Å². The van der Waals surface area contributed by atoms with Crippen LogP contribution in [-0.4, -0.2) is 47.9 Å². The van der Waals surface area contributed by atoms with E-state index in [0.717, 1.165) is 12.8 Å². The van der Waals surface area contributed by atoms with E-state index < -0.39 is 0 Å². The van der Waals surface area contributed by atoms with Crippen LogP contribution in [0.1, 0.15) is 40.5 Å². The Morgan fingerprint density at radius 1 is 1.17 bits per heavy atom. The van der Waals surface area contributed by atoms with E-state index in [0.29, 0.717) is 19.1 Å². The summed E-state index contributed by atoms with van der Waals surface area (Å²) in [5.74, 6) is 0.0303. The van der Waals surface area contributed by atoms with E-state index in [1.54, 1.807) is 11.8 Å². The lowest BCUT2D eigenvalue weighted by molar-refractivity contribution is -0.133. The summed E-state index contributed by atoms with van der Waals surface area (Å²) in [6, 6.07) is -0.305. The van der Waals surface area contributed by atoms with E-state index in [-0.39, 0.29) is 23.9 Å². The highest BCUT2D eigenvalue weighted by molar-refractivity contribution is 5.85. The lowest BCUT2D eigenvalue weighted by atomic mass is 10.2. The first-order chi connectivity index (χ1) is 8.49. The third kappa shape index (κ3) is 4.29. The normalized spacial score (nSPS) is 18.0. The Kier molecular flexibility index (Phi) is 5.59. The molecule has 0 bridgehead atoms. The first-order valence-electron chi connectivity index (χ1n) is 6.84. The molecule has 1 rings (SSSR count). The van der Waals surface area contributed by atoms with Crippen LogP contribution in [-0.2, 0) is 9.59 Å². The van der Waals surface area contributed by atoms with Crippen LogP contribution >= 0.6 is 0 Å². The molecule has 0 aromatic heterocycles. The van der Waals surface area contributed by atoms with Gasteiger partial charge in [-0.25, -0.2) is 0 Å². The SMILES string of the molecule is CCN(CC)C(=O)C(C)NC(C)C(=O)NC1CC1. The van der Waals surface area contributed by atoms with Gasteiger partial charge in [0.05, 0.1) is 12.1 Å². The fourth-order valence-corrected chi connectivity index (χ4v) is 1.88. The molecule has 0 aliphatic heterocycles. The van der Waals surface area contributed by atoms with Gasteiger partial charge in [-0.1, -0.05) is 0 Å². The number of nitrogens with one attached hydrogen (secondary N) is 2. The van der Waals surface area contributed by atoms with Gasteiger partial charge >= 0.3 is 0 Å². The van der Waals surface area contributed by atoms with E-state index >= 15 is 0 Å². The van der Waals surface area contributed by atoms with Crippen molar-refractivity contribution in [1.82, 2.24) is 15.5 Å². The van der Waals surface area contributed by atoms with Crippen molar-refractivity contribution in [3.05, 3.63) is 0 Å². The second kappa shape index (κ2) is 6.73. The molecule has 2 unspecified atom stereocenters. The minimum atomic E-state index is -0.333. The first kappa shape index (κ1) is 15.0. The molecule has 2 N–H and O–H groups in total. The molecule has 1 saturated carbocycles. The Bertz CT molecular complexity index is 299. The molecule has 0 heterocycles. The highest BCUT2D eigenvalue weighted by Crippen LogP contribution is 2.18. The van der Waals surface area contributed by atoms with Crippen molar-refractivity contribution >= 4 is 11.8 Å². The summed E-state index contributed by atoms with van der Waals surface area (Å²) >= 11 is 0. The second-order valence-corrected chi connectivity index (χ2v) is 4.90. The molecule has 18 heavy (non-hydrogen) atoms. The van der Waals surface area contributed by atoms with Crippen LogP contribution in [0.3, 0.4) is 0 Å². The zero-order valence-electron chi connectivity index (χ0n) is 11.8. The Morgan fingerprint density at radius 3 is 2.17 bits per heavy atom. The minimum Gasteiger partial charge on any atom is -0.352 e. The summed E-state index contributed by atoms with van der Waals surface area (Å²) < 4.78 is 0. The molecule has 0 aromatic rings. The Morgan fingerprint density at radius 2 is 1.72 bits per heavy atom. The van der Waals surface area contributed by atoms with E-state index in [9.17, 15) is 9.59 Å². The van der Waals surface area contributed by atoms with Crippen molar-refractivity contribution < 1.29 is 9.59 Å². The van der Waals surface area contributed by atoms with Gasteiger partial charge in [-0.05, 0) is 40.5 Å². The van der Waals surface area contributed by atoms with Gasteiger partial charge in [0.25, 0.3) is 0 Å². The van der Waals surface area contributed by atoms with Crippen molar-refractivity contribution in [2.75, 3.05) is 13.1 Å². The standard InChI is InChI=1S/C13H25N3O2/c1-5-16(6-2)13(18)10(4)14-9(3)12(17)15-11-7-8-11/h9-11,14H,5-8H2,1-4H3,(H,15,17). The van der Waals surface area contributed by atoms with Crippen molar-refractivity contribution in [1.29, 1.82) is 0 Å². The van der Waals surface area contributed by atoms with Gasteiger partial charge in [0, 0.05) is 19.1 Å². The van der Waals surface area contributed by atoms with Gasteiger partial charge < -0.3 is 10.2 Å². The predicted octanol–water partition coefficient (Wildman–Crippen LogP) is 0.500. The fourth-order valence-electron chi connectivity index (χ4n) is 1.88. The molecular formula is C13H25N3O2. The predicted molar refractivity (Wildman–Crippen MR) is 71.2 cm³/mol. The molecule has 1 aliphatic rings. The van der Waals surface area contributed by atoms with Gasteiger partial charge in [-0.3, -0.25) is 14.9 Å². The molecule has 2 atom stereocenters. The number of hydrogen-bond donors (Lipinski definition) is 2. The molecule has 104 valence electrons. The van der Waals surface area contributed by atoms with Crippen molar-refractivity contribution in [2.24, 2.45) is 0 Å². The summed E-state index contributed by atoms with van der Waals surface area (Å²) in [5.41, 5.74) is 0. The molecule has 5 nitrogen and oxygen atoms in total. The molecule has 0 saturated heterocycles. The maximum atomic E-state index is 12.0. The van der Waals surface area contributed by atoms with Gasteiger partial charge in [0.15, 0.2) is 0 Å². The van der Waals surface area contributed by atoms with Crippen LogP contribution < -0.4 is 10.6 Å². The molecule has 0 radical (unpaired) electrons. The van der Waals surface area contributed by atoms with Crippen molar-refractivity contribution in [3.8, 4) is 0 Å². The van der Waals surface area contributed by atoms with Crippen LogP contribution in [0.2, 0.25) is 0 Å². The Labute approximate surface area is 109 Å². The van der Waals surface area contributed by atoms with Crippen LogP contribution in [0.5, 0.6) is 0 Å². The number of likely N-dealkylation sites (N-methyl/N-ethyl adjacent to an activating group) is 1. The maximum absolute atomic E-state index is 12.0. The zero-order chi connectivity index (χ0) is 13.7. The molecule has 2 amide bonds. The quantitative estimate of drug-likeness (QED) is 0.696. The number of amides is 2. The third-order valence-electron chi connectivity index (χ3n) is 3.26. The molecule has 5 heteroatoms. The molecular weight excluding hydrogens is 230 g/mol. The molecule has 0 spiro atoms. The van der Waals surface area contributed by atoms with Crippen molar-refractivity contribution in [3.63, 3.8) is 0 Å². The largest absolute Gasteiger partial charge is 0.352 e.